The van der Waals surface area contributed by atoms with Crippen LogP contribution < -0.4 is 11.1 Å². The highest BCUT2D eigenvalue weighted by Crippen LogP contribution is 2.18. The number of rotatable bonds is 10. The third kappa shape index (κ3) is 7.01. The third-order valence-corrected chi connectivity index (χ3v) is 5.83. The molecule has 0 aromatic heterocycles. The number of carbonyl (C=O) groups excluding carboxylic acids is 2. The zero-order valence-corrected chi connectivity index (χ0v) is 20.0. The molecule has 180 valence electrons. The number of hydrogen-bond donors (Lipinski definition) is 2. The number of anilines is 1. The molecule has 3 N–H and O–H groups in total. The number of amides is 2. The lowest BCUT2D eigenvalue weighted by Gasteiger charge is -2.29. The van der Waals surface area contributed by atoms with E-state index in [2.05, 4.69) is 34.5 Å². The number of benzene rings is 4. The van der Waals surface area contributed by atoms with E-state index in [0.29, 0.717) is 24.3 Å². The Balaban J connectivity index is 1.66. The van der Waals surface area contributed by atoms with Gasteiger partial charge in [0.15, 0.2) is 0 Å². The molecule has 2 amide bonds. The van der Waals surface area contributed by atoms with Gasteiger partial charge in [0.2, 0.25) is 11.8 Å². The summed E-state index contributed by atoms with van der Waals surface area (Å²) in [5.74, 6) is -0.672. The van der Waals surface area contributed by atoms with Crippen LogP contribution in [0.25, 0.3) is 6.08 Å². The van der Waals surface area contributed by atoms with Crippen molar-refractivity contribution < 1.29 is 9.59 Å². The second-order valence-corrected chi connectivity index (χ2v) is 8.52. The van der Waals surface area contributed by atoms with Gasteiger partial charge in [-0.05, 0) is 41.0 Å². The molecule has 5 nitrogen and oxygen atoms in total. The molecule has 1 unspecified atom stereocenters. The Hall–Kier alpha value is -4.48. The Morgan fingerprint density at radius 3 is 1.72 bits per heavy atom. The average Bonchev–Trinajstić information content (AvgIpc) is 2.91. The highest BCUT2D eigenvalue weighted by atomic mass is 16.2. The second-order valence-electron chi connectivity index (χ2n) is 8.52. The molecular formula is C31H29N3O2. The summed E-state index contributed by atoms with van der Waals surface area (Å²) in [5.41, 5.74) is 9.59. The van der Waals surface area contributed by atoms with Gasteiger partial charge in [-0.15, -0.1) is 0 Å². The lowest BCUT2D eigenvalue weighted by atomic mass is 10.1. The summed E-state index contributed by atoms with van der Waals surface area (Å²) < 4.78 is 0. The van der Waals surface area contributed by atoms with E-state index >= 15 is 0 Å². The number of nitrogens with zero attached hydrogens (tertiary/aromatic N) is 1. The molecule has 0 saturated heterocycles. The number of hydrogen-bond acceptors (Lipinski definition) is 3. The summed E-state index contributed by atoms with van der Waals surface area (Å²) in [7, 11) is 0. The van der Waals surface area contributed by atoms with Gasteiger partial charge in [-0.3, -0.25) is 14.5 Å². The first-order valence-electron chi connectivity index (χ1n) is 11.8. The summed E-state index contributed by atoms with van der Waals surface area (Å²) in [4.78, 5) is 27.2. The topological polar surface area (TPSA) is 75.4 Å². The molecule has 1 atom stereocenters. The zero-order valence-electron chi connectivity index (χ0n) is 20.0. The third-order valence-electron chi connectivity index (χ3n) is 5.83. The lowest BCUT2D eigenvalue weighted by Crippen LogP contribution is -2.42. The number of nitrogens with one attached hydrogen (secondary N) is 1. The first-order valence-corrected chi connectivity index (χ1v) is 11.8. The van der Waals surface area contributed by atoms with Gasteiger partial charge in [-0.2, -0.15) is 0 Å². The van der Waals surface area contributed by atoms with E-state index in [0.717, 1.165) is 16.7 Å². The molecule has 0 spiro atoms. The van der Waals surface area contributed by atoms with E-state index in [9.17, 15) is 9.59 Å². The Labute approximate surface area is 211 Å². The van der Waals surface area contributed by atoms with E-state index in [1.807, 2.05) is 78.9 Å². The van der Waals surface area contributed by atoms with Crippen LogP contribution in [-0.2, 0) is 17.9 Å². The molecule has 0 aliphatic heterocycles. The van der Waals surface area contributed by atoms with Crippen LogP contribution in [0.2, 0.25) is 0 Å². The Morgan fingerprint density at radius 1 is 0.722 bits per heavy atom. The van der Waals surface area contributed by atoms with Crippen molar-refractivity contribution in [2.45, 2.75) is 19.1 Å². The molecule has 0 fully saturated rings. The molecule has 0 saturated carbocycles. The van der Waals surface area contributed by atoms with Crippen molar-refractivity contribution in [3.8, 4) is 0 Å². The second kappa shape index (κ2) is 12.3. The van der Waals surface area contributed by atoms with E-state index in [-0.39, 0.29) is 5.91 Å². The molecule has 5 heteroatoms. The monoisotopic (exact) mass is 475 g/mol. The maximum absolute atomic E-state index is 13.7. The van der Waals surface area contributed by atoms with Crippen LogP contribution in [0.5, 0.6) is 0 Å². The molecule has 0 aliphatic carbocycles. The molecule has 4 aromatic rings. The normalized spacial score (nSPS) is 11.9. The van der Waals surface area contributed by atoms with Crippen LogP contribution in [0.15, 0.2) is 121 Å². The van der Waals surface area contributed by atoms with E-state index in [4.69, 9.17) is 5.73 Å². The van der Waals surface area contributed by atoms with Crippen molar-refractivity contribution in [3.05, 3.63) is 144 Å². The highest BCUT2D eigenvalue weighted by molar-refractivity contribution is 5.98. The molecule has 4 rings (SSSR count). The zero-order chi connectivity index (χ0) is 25.2. The molecule has 36 heavy (non-hydrogen) atoms. The number of nitrogens with two attached hydrogens (primary N) is 1. The van der Waals surface area contributed by atoms with Crippen LogP contribution in [0.4, 0.5) is 5.69 Å². The lowest BCUT2D eigenvalue weighted by molar-refractivity contribution is -0.120. The van der Waals surface area contributed by atoms with Crippen LogP contribution >= 0.6 is 0 Å². The fourth-order valence-electron chi connectivity index (χ4n) is 3.96. The van der Waals surface area contributed by atoms with Crippen molar-refractivity contribution >= 4 is 23.6 Å². The molecular weight excluding hydrogens is 446 g/mol. The average molecular weight is 476 g/mol. The van der Waals surface area contributed by atoms with Crippen molar-refractivity contribution in [1.29, 1.82) is 0 Å². The number of primary amides is 1. The first kappa shape index (κ1) is 24.6. The summed E-state index contributed by atoms with van der Waals surface area (Å²) >= 11 is 0. The van der Waals surface area contributed by atoms with Gasteiger partial charge in [0, 0.05) is 24.3 Å². The summed E-state index contributed by atoms with van der Waals surface area (Å²) in [5, 5.41) is 3.01. The van der Waals surface area contributed by atoms with Crippen molar-refractivity contribution in [2.24, 2.45) is 5.73 Å². The van der Waals surface area contributed by atoms with Crippen molar-refractivity contribution in [1.82, 2.24) is 4.90 Å². The Morgan fingerprint density at radius 2 is 1.22 bits per heavy atom. The first-order chi connectivity index (χ1) is 17.6. The smallest absolute Gasteiger partial charge is 0.248 e. The van der Waals surface area contributed by atoms with E-state index in [1.54, 1.807) is 24.3 Å². The molecule has 4 aromatic carbocycles. The quantitative estimate of drug-likeness (QED) is 0.318. The summed E-state index contributed by atoms with van der Waals surface area (Å²) in [6.07, 6.45) is 3.91. The number of carbonyl (C=O) groups is 2. The predicted molar refractivity (Wildman–Crippen MR) is 145 cm³/mol. The van der Waals surface area contributed by atoms with Crippen LogP contribution in [-0.4, -0.2) is 22.8 Å². The van der Waals surface area contributed by atoms with Gasteiger partial charge >= 0.3 is 0 Å². The summed E-state index contributed by atoms with van der Waals surface area (Å²) in [6, 6.07) is 36.2. The van der Waals surface area contributed by atoms with Crippen molar-refractivity contribution in [3.63, 3.8) is 0 Å². The largest absolute Gasteiger partial charge is 0.366 e. The Bertz CT molecular complexity index is 1250. The molecule has 0 heterocycles. The van der Waals surface area contributed by atoms with Gasteiger partial charge in [0.1, 0.15) is 6.04 Å². The fraction of sp³-hybridized carbons (Fsp3) is 0.0968. The highest BCUT2D eigenvalue weighted by Gasteiger charge is 2.24. The van der Waals surface area contributed by atoms with Crippen LogP contribution in [0.1, 0.15) is 27.0 Å². The molecule has 0 aliphatic rings. The van der Waals surface area contributed by atoms with Gasteiger partial charge in [-0.25, -0.2) is 0 Å². The minimum Gasteiger partial charge on any atom is -0.366 e. The van der Waals surface area contributed by atoms with E-state index < -0.39 is 11.9 Å². The Kier molecular flexibility index (Phi) is 8.41. The van der Waals surface area contributed by atoms with Gasteiger partial charge < -0.3 is 11.1 Å². The predicted octanol–water partition coefficient (Wildman–Crippen LogP) is 5.51. The SMILES string of the molecule is NC(=O)c1ccc(NC(=O)C(C=Cc2ccccc2)N(Cc2ccccc2)Cc2ccccc2)cc1. The molecule has 0 radical (unpaired) electrons. The fourth-order valence-corrected chi connectivity index (χ4v) is 3.96. The van der Waals surface area contributed by atoms with Crippen LogP contribution in [0, 0.1) is 0 Å². The van der Waals surface area contributed by atoms with Gasteiger partial charge in [0.25, 0.3) is 0 Å². The molecule has 0 bridgehead atoms. The van der Waals surface area contributed by atoms with Crippen LogP contribution in [0.3, 0.4) is 0 Å². The minimum atomic E-state index is -0.554. The van der Waals surface area contributed by atoms with Crippen molar-refractivity contribution in [2.75, 3.05) is 5.32 Å². The summed E-state index contributed by atoms with van der Waals surface area (Å²) in [6.45, 7) is 1.18. The standard InChI is InChI=1S/C31H29N3O2/c32-30(35)27-17-19-28(20-18-27)33-31(36)29(21-16-24-10-4-1-5-11-24)34(22-25-12-6-2-7-13-25)23-26-14-8-3-9-15-26/h1-21,29H,22-23H2,(H2,32,35)(H,33,36). The maximum atomic E-state index is 13.7. The maximum Gasteiger partial charge on any atom is 0.248 e. The minimum absolute atomic E-state index is 0.166. The van der Waals surface area contributed by atoms with Gasteiger partial charge in [0.05, 0.1) is 0 Å². The van der Waals surface area contributed by atoms with E-state index in [1.165, 1.54) is 0 Å². The van der Waals surface area contributed by atoms with Gasteiger partial charge in [-0.1, -0.05) is 103 Å².